The van der Waals surface area contributed by atoms with E-state index in [1.807, 2.05) is 0 Å². The maximum Gasteiger partial charge on any atom is 0.326 e. The standard InChI is InChI=1S/C16H22N2O6S/c1-10(16(20)21)18(12-6-7-12)15(19)11-5-8-13(24-4)14(9-11)25(22,23)17(2)3/h5,8-10,12H,6-7H2,1-4H3,(H,20,21). The molecule has 1 unspecified atom stereocenters. The molecule has 1 aromatic rings. The number of carboxylic acids is 1. The molecule has 0 bridgehead atoms. The van der Waals surface area contributed by atoms with E-state index in [9.17, 15) is 23.1 Å². The van der Waals surface area contributed by atoms with Crippen LogP contribution in [0.1, 0.15) is 30.1 Å². The van der Waals surface area contributed by atoms with Gasteiger partial charge in [0.15, 0.2) is 0 Å². The number of rotatable bonds is 7. The molecule has 0 aromatic heterocycles. The maximum absolute atomic E-state index is 12.8. The fraction of sp³-hybridized carbons (Fsp3) is 0.500. The van der Waals surface area contributed by atoms with Crippen molar-refractivity contribution in [1.82, 2.24) is 9.21 Å². The van der Waals surface area contributed by atoms with Gasteiger partial charge in [-0.3, -0.25) is 4.79 Å². The number of carboxylic acid groups (broad SMARTS) is 1. The summed E-state index contributed by atoms with van der Waals surface area (Å²) in [5.74, 6) is -1.49. The number of amides is 1. The van der Waals surface area contributed by atoms with Crippen LogP contribution in [-0.2, 0) is 14.8 Å². The lowest BCUT2D eigenvalue weighted by Gasteiger charge is -2.27. The average molecular weight is 370 g/mol. The molecule has 1 aliphatic rings. The number of sulfonamides is 1. The molecule has 1 fully saturated rings. The number of methoxy groups -OCH3 is 1. The van der Waals surface area contributed by atoms with Gasteiger partial charge in [-0.15, -0.1) is 0 Å². The van der Waals surface area contributed by atoms with Crippen LogP contribution in [0.2, 0.25) is 0 Å². The zero-order valence-electron chi connectivity index (χ0n) is 14.6. The zero-order valence-corrected chi connectivity index (χ0v) is 15.4. The molecule has 0 radical (unpaired) electrons. The molecule has 1 saturated carbocycles. The van der Waals surface area contributed by atoms with Gasteiger partial charge in [-0.2, -0.15) is 0 Å². The minimum absolute atomic E-state index is 0.112. The molecule has 2 rings (SSSR count). The van der Waals surface area contributed by atoms with Crippen molar-refractivity contribution in [3.05, 3.63) is 23.8 Å². The third-order valence-corrected chi connectivity index (χ3v) is 5.95. The molecular formula is C16H22N2O6S. The SMILES string of the molecule is COc1ccc(C(=O)N(C2CC2)C(C)C(=O)O)cc1S(=O)(=O)N(C)C. The molecule has 8 nitrogen and oxygen atoms in total. The van der Waals surface area contributed by atoms with Gasteiger partial charge in [-0.25, -0.2) is 17.5 Å². The topological polar surface area (TPSA) is 104 Å². The summed E-state index contributed by atoms with van der Waals surface area (Å²) in [6, 6.07) is 2.96. The summed E-state index contributed by atoms with van der Waals surface area (Å²) < 4.78 is 31.1. The van der Waals surface area contributed by atoms with Crippen LogP contribution in [0.25, 0.3) is 0 Å². The first-order valence-electron chi connectivity index (χ1n) is 7.77. The van der Waals surface area contributed by atoms with E-state index in [2.05, 4.69) is 0 Å². The van der Waals surface area contributed by atoms with E-state index in [1.165, 1.54) is 51.2 Å². The molecule has 0 heterocycles. The van der Waals surface area contributed by atoms with Crippen molar-refractivity contribution >= 4 is 21.9 Å². The third kappa shape index (κ3) is 3.77. The number of hydrogen-bond acceptors (Lipinski definition) is 5. The van der Waals surface area contributed by atoms with Gasteiger partial charge >= 0.3 is 5.97 Å². The van der Waals surface area contributed by atoms with Crippen molar-refractivity contribution in [2.24, 2.45) is 0 Å². The normalized spacial score (nSPS) is 15.7. The number of ether oxygens (including phenoxy) is 1. The highest BCUT2D eigenvalue weighted by Gasteiger charge is 2.39. The Morgan fingerprint density at radius 2 is 1.88 bits per heavy atom. The van der Waals surface area contributed by atoms with Crippen LogP contribution in [0.5, 0.6) is 5.75 Å². The van der Waals surface area contributed by atoms with Gasteiger partial charge in [0.2, 0.25) is 10.0 Å². The summed E-state index contributed by atoms with van der Waals surface area (Å²) in [4.78, 5) is 25.3. The second-order valence-corrected chi connectivity index (χ2v) is 8.23. The van der Waals surface area contributed by atoms with Gasteiger partial charge in [0.05, 0.1) is 7.11 Å². The molecule has 9 heteroatoms. The highest BCUT2D eigenvalue weighted by atomic mass is 32.2. The van der Waals surface area contributed by atoms with Crippen LogP contribution in [0.4, 0.5) is 0 Å². The van der Waals surface area contributed by atoms with Crippen molar-refractivity contribution in [3.8, 4) is 5.75 Å². The first-order valence-corrected chi connectivity index (χ1v) is 9.21. The molecule has 1 N–H and O–H groups in total. The number of nitrogens with zero attached hydrogens (tertiary/aromatic N) is 2. The first kappa shape index (κ1) is 19.2. The third-order valence-electron chi connectivity index (χ3n) is 4.12. The van der Waals surface area contributed by atoms with Gasteiger partial charge in [-0.1, -0.05) is 0 Å². The van der Waals surface area contributed by atoms with Gasteiger partial charge in [-0.05, 0) is 38.0 Å². The molecule has 0 spiro atoms. The Bertz CT molecular complexity index is 786. The molecule has 1 aromatic carbocycles. The number of carbonyl (C=O) groups is 2. The van der Waals surface area contributed by atoms with Crippen LogP contribution < -0.4 is 4.74 Å². The molecule has 138 valence electrons. The molecule has 1 amide bonds. The minimum Gasteiger partial charge on any atom is -0.495 e. The van der Waals surface area contributed by atoms with E-state index < -0.39 is 27.9 Å². The van der Waals surface area contributed by atoms with Gasteiger partial charge in [0.25, 0.3) is 5.91 Å². The molecule has 1 atom stereocenters. The molecule has 1 aliphatic carbocycles. The predicted octanol–water partition coefficient (Wildman–Crippen LogP) is 1.02. The van der Waals surface area contributed by atoms with Gasteiger partial charge in [0, 0.05) is 25.7 Å². The first-order chi connectivity index (χ1) is 11.6. The van der Waals surface area contributed by atoms with Crippen molar-refractivity contribution in [2.45, 2.75) is 36.7 Å². The van der Waals surface area contributed by atoms with Crippen molar-refractivity contribution < 1.29 is 27.9 Å². The summed E-state index contributed by atoms with van der Waals surface area (Å²) in [5, 5.41) is 9.25. The van der Waals surface area contributed by atoms with Gasteiger partial charge < -0.3 is 14.7 Å². The zero-order chi connectivity index (χ0) is 18.9. The monoisotopic (exact) mass is 370 g/mol. The largest absolute Gasteiger partial charge is 0.495 e. The summed E-state index contributed by atoms with van der Waals surface area (Å²) >= 11 is 0. The Labute approximate surface area is 147 Å². The maximum atomic E-state index is 12.8. The van der Waals surface area contributed by atoms with Crippen LogP contribution in [0.3, 0.4) is 0 Å². The van der Waals surface area contributed by atoms with Crippen molar-refractivity contribution in [1.29, 1.82) is 0 Å². The van der Waals surface area contributed by atoms with Crippen LogP contribution in [0.15, 0.2) is 23.1 Å². The molecule has 0 aliphatic heterocycles. The van der Waals surface area contributed by atoms with E-state index in [-0.39, 0.29) is 22.3 Å². The van der Waals surface area contributed by atoms with E-state index in [0.29, 0.717) is 0 Å². The Morgan fingerprint density at radius 1 is 1.28 bits per heavy atom. The smallest absolute Gasteiger partial charge is 0.326 e. The molecule has 0 saturated heterocycles. The van der Waals surface area contributed by atoms with Gasteiger partial charge in [0.1, 0.15) is 16.7 Å². The quantitative estimate of drug-likeness (QED) is 0.768. The molecule has 25 heavy (non-hydrogen) atoms. The van der Waals surface area contributed by atoms with Crippen LogP contribution in [0, 0.1) is 0 Å². The number of aliphatic carboxylic acids is 1. The fourth-order valence-electron chi connectivity index (χ4n) is 2.49. The number of benzene rings is 1. The van der Waals surface area contributed by atoms with Crippen molar-refractivity contribution in [2.75, 3.05) is 21.2 Å². The highest BCUT2D eigenvalue weighted by Crippen LogP contribution is 2.32. The fourth-order valence-corrected chi connectivity index (χ4v) is 3.56. The average Bonchev–Trinajstić information content (AvgIpc) is 3.38. The summed E-state index contributed by atoms with van der Waals surface area (Å²) in [5.41, 5.74) is 0.112. The van der Waals surface area contributed by atoms with E-state index in [4.69, 9.17) is 4.74 Å². The van der Waals surface area contributed by atoms with Crippen LogP contribution in [-0.4, -0.2) is 67.9 Å². The Morgan fingerprint density at radius 3 is 2.32 bits per heavy atom. The highest BCUT2D eigenvalue weighted by molar-refractivity contribution is 7.89. The lowest BCUT2D eigenvalue weighted by Crippen LogP contribution is -2.44. The Hall–Kier alpha value is -2.13. The Balaban J connectivity index is 2.49. The lowest BCUT2D eigenvalue weighted by atomic mass is 10.1. The van der Waals surface area contributed by atoms with Crippen molar-refractivity contribution in [3.63, 3.8) is 0 Å². The van der Waals surface area contributed by atoms with E-state index in [0.717, 1.165) is 17.1 Å². The number of carbonyl (C=O) groups excluding carboxylic acids is 1. The molecular weight excluding hydrogens is 348 g/mol. The summed E-state index contributed by atoms with van der Waals surface area (Å²) in [6.45, 7) is 1.44. The summed E-state index contributed by atoms with van der Waals surface area (Å²) in [7, 11) is 0.283. The second-order valence-electron chi connectivity index (χ2n) is 6.11. The summed E-state index contributed by atoms with van der Waals surface area (Å²) in [6.07, 6.45) is 1.48. The number of hydrogen-bond donors (Lipinski definition) is 1. The predicted molar refractivity (Wildman–Crippen MR) is 90.2 cm³/mol. The second kappa shape index (κ2) is 7.01. The Kier molecular flexibility index (Phi) is 5.38. The minimum atomic E-state index is -3.82. The lowest BCUT2D eigenvalue weighted by molar-refractivity contribution is -0.141. The van der Waals surface area contributed by atoms with E-state index in [1.54, 1.807) is 0 Å². The van der Waals surface area contributed by atoms with Crippen LogP contribution >= 0.6 is 0 Å². The van der Waals surface area contributed by atoms with E-state index >= 15 is 0 Å².